The highest BCUT2D eigenvalue weighted by molar-refractivity contribution is 5.88. The average molecular weight is 328 g/mol. The van der Waals surface area contributed by atoms with Gasteiger partial charge in [0.2, 0.25) is 11.8 Å². The van der Waals surface area contributed by atoms with Gasteiger partial charge in [0, 0.05) is 14.1 Å². The zero-order valence-electron chi connectivity index (χ0n) is 14.4. The van der Waals surface area contributed by atoms with Gasteiger partial charge >= 0.3 is 0 Å². The van der Waals surface area contributed by atoms with Crippen molar-refractivity contribution >= 4 is 11.8 Å². The molecule has 0 aliphatic heterocycles. The van der Waals surface area contributed by atoms with Crippen molar-refractivity contribution in [3.05, 3.63) is 0 Å². The van der Waals surface area contributed by atoms with E-state index in [2.05, 4.69) is 0 Å². The van der Waals surface area contributed by atoms with Crippen LogP contribution in [0.1, 0.15) is 38.5 Å². The van der Waals surface area contributed by atoms with Crippen LogP contribution in [-0.4, -0.2) is 48.8 Å². The van der Waals surface area contributed by atoms with Gasteiger partial charge in [-0.1, -0.05) is 0 Å². The number of rotatable bonds is 4. The van der Waals surface area contributed by atoms with Gasteiger partial charge in [0.1, 0.15) is 13.1 Å². The molecule has 0 N–H and O–H groups in total. The van der Waals surface area contributed by atoms with Gasteiger partial charge in [0.25, 0.3) is 0 Å². The third kappa shape index (κ3) is 2.45. The lowest BCUT2D eigenvalue weighted by Crippen LogP contribution is -2.61. The zero-order valence-corrected chi connectivity index (χ0v) is 14.4. The number of carbonyl (C=O) groups is 2. The third-order valence-corrected chi connectivity index (χ3v) is 6.28. The van der Waals surface area contributed by atoms with Crippen LogP contribution in [-0.2, 0) is 9.59 Å². The molecule has 0 saturated heterocycles. The van der Waals surface area contributed by atoms with E-state index in [1.807, 2.05) is 12.1 Å². The quantitative estimate of drug-likeness (QED) is 0.732. The molecule has 4 saturated carbocycles. The summed E-state index contributed by atoms with van der Waals surface area (Å²) in [7, 11) is 3.36. The number of hydrogen-bond acceptors (Lipinski definition) is 4. The summed E-state index contributed by atoms with van der Waals surface area (Å²) < 4.78 is 0. The van der Waals surface area contributed by atoms with Gasteiger partial charge < -0.3 is 9.80 Å². The van der Waals surface area contributed by atoms with E-state index in [4.69, 9.17) is 10.5 Å². The SMILES string of the molecule is CN(CC#N)C(=O)C12CC3CC(C1)CC(C(=O)N(C)CC#N)(C3)C2. The van der Waals surface area contributed by atoms with Crippen LogP contribution >= 0.6 is 0 Å². The maximum Gasteiger partial charge on any atom is 0.229 e. The fraction of sp³-hybridized carbons (Fsp3) is 0.778. The largest absolute Gasteiger partial charge is 0.332 e. The van der Waals surface area contributed by atoms with Crippen molar-refractivity contribution in [2.24, 2.45) is 22.7 Å². The lowest BCUT2D eigenvalue weighted by molar-refractivity contribution is -0.177. The first-order valence-electron chi connectivity index (χ1n) is 8.61. The van der Waals surface area contributed by atoms with Gasteiger partial charge in [-0.05, 0) is 50.4 Å². The molecule has 0 aromatic carbocycles. The maximum atomic E-state index is 13.0. The lowest BCUT2D eigenvalue weighted by atomic mass is 9.43. The first-order chi connectivity index (χ1) is 11.4. The van der Waals surface area contributed by atoms with E-state index in [9.17, 15) is 9.59 Å². The molecule has 128 valence electrons. The normalized spacial score (nSPS) is 35.8. The molecule has 0 aromatic rings. The summed E-state index contributed by atoms with van der Waals surface area (Å²) in [6, 6.07) is 4.08. The first-order valence-corrected chi connectivity index (χ1v) is 8.61. The molecule has 0 heterocycles. The van der Waals surface area contributed by atoms with Gasteiger partial charge in [-0.25, -0.2) is 0 Å². The van der Waals surface area contributed by atoms with E-state index in [0.29, 0.717) is 18.3 Å². The molecule has 4 aliphatic carbocycles. The monoisotopic (exact) mass is 328 g/mol. The zero-order chi connectivity index (χ0) is 17.5. The van der Waals surface area contributed by atoms with Crippen LogP contribution in [0.2, 0.25) is 0 Å². The molecule has 6 nitrogen and oxygen atoms in total. The first kappa shape index (κ1) is 16.8. The van der Waals surface area contributed by atoms with Crippen molar-refractivity contribution in [2.75, 3.05) is 27.2 Å². The molecule has 24 heavy (non-hydrogen) atoms. The molecule has 6 heteroatoms. The maximum absolute atomic E-state index is 13.0. The second-order valence-electron chi connectivity index (χ2n) is 8.16. The number of carbonyl (C=O) groups excluding carboxylic acids is 2. The Morgan fingerprint density at radius 2 is 1.29 bits per heavy atom. The summed E-state index contributed by atoms with van der Waals surface area (Å²) in [4.78, 5) is 29.1. The highest BCUT2D eigenvalue weighted by Gasteiger charge is 2.63. The van der Waals surface area contributed by atoms with E-state index in [0.717, 1.165) is 32.1 Å². The number of amides is 2. The second-order valence-corrected chi connectivity index (χ2v) is 8.16. The van der Waals surface area contributed by atoms with Crippen molar-refractivity contribution in [1.29, 1.82) is 10.5 Å². The summed E-state index contributed by atoms with van der Waals surface area (Å²) in [5.41, 5.74) is -0.975. The minimum atomic E-state index is -0.487. The van der Waals surface area contributed by atoms with E-state index in [1.165, 1.54) is 9.80 Å². The Hall–Kier alpha value is -2.08. The van der Waals surface area contributed by atoms with Crippen molar-refractivity contribution < 1.29 is 9.59 Å². The molecular weight excluding hydrogens is 304 g/mol. The molecule has 0 atom stereocenters. The molecular formula is C18H24N4O2. The van der Waals surface area contributed by atoms with Gasteiger partial charge in [0.05, 0.1) is 23.0 Å². The predicted molar refractivity (Wildman–Crippen MR) is 86.0 cm³/mol. The van der Waals surface area contributed by atoms with Crippen molar-refractivity contribution in [3.8, 4) is 12.1 Å². The van der Waals surface area contributed by atoms with Crippen LogP contribution in [0.3, 0.4) is 0 Å². The third-order valence-electron chi connectivity index (χ3n) is 6.28. The number of nitrogens with zero attached hydrogens (tertiary/aromatic N) is 4. The van der Waals surface area contributed by atoms with Crippen LogP contribution in [0.15, 0.2) is 0 Å². The average Bonchev–Trinajstić information content (AvgIpc) is 2.52. The summed E-state index contributed by atoms with van der Waals surface area (Å²) in [5, 5.41) is 17.8. The summed E-state index contributed by atoms with van der Waals surface area (Å²) in [5.74, 6) is 0.867. The Balaban J connectivity index is 1.90. The Kier molecular flexibility index (Phi) is 4.03. The molecule has 0 spiro atoms. The van der Waals surface area contributed by atoms with E-state index in [1.54, 1.807) is 14.1 Å². The smallest absolute Gasteiger partial charge is 0.229 e. The molecule has 4 aliphatic rings. The van der Waals surface area contributed by atoms with Gasteiger partial charge in [0.15, 0.2) is 0 Å². The fourth-order valence-corrected chi connectivity index (χ4v) is 5.93. The number of nitriles is 2. The van der Waals surface area contributed by atoms with Crippen LogP contribution in [0, 0.1) is 45.3 Å². The molecule has 4 bridgehead atoms. The van der Waals surface area contributed by atoms with Crippen LogP contribution in [0.25, 0.3) is 0 Å². The number of hydrogen-bond donors (Lipinski definition) is 0. The fourth-order valence-electron chi connectivity index (χ4n) is 5.93. The van der Waals surface area contributed by atoms with E-state index in [-0.39, 0.29) is 24.9 Å². The Bertz CT molecular complexity index is 578. The molecule has 4 fully saturated rings. The molecule has 0 aromatic heterocycles. The Morgan fingerprint density at radius 1 is 0.917 bits per heavy atom. The molecule has 4 rings (SSSR count). The van der Waals surface area contributed by atoms with Gasteiger partial charge in [-0.2, -0.15) is 10.5 Å². The van der Waals surface area contributed by atoms with E-state index < -0.39 is 10.8 Å². The van der Waals surface area contributed by atoms with E-state index >= 15 is 0 Å². The Morgan fingerprint density at radius 3 is 1.62 bits per heavy atom. The predicted octanol–water partition coefficient (Wildman–Crippen LogP) is 1.54. The van der Waals surface area contributed by atoms with Crippen molar-refractivity contribution in [2.45, 2.75) is 38.5 Å². The van der Waals surface area contributed by atoms with Gasteiger partial charge in [-0.15, -0.1) is 0 Å². The summed E-state index contributed by atoms with van der Waals surface area (Å²) in [6.45, 7) is 0.177. The van der Waals surface area contributed by atoms with Gasteiger partial charge in [-0.3, -0.25) is 9.59 Å². The summed E-state index contributed by atoms with van der Waals surface area (Å²) >= 11 is 0. The summed E-state index contributed by atoms with van der Waals surface area (Å²) in [6.07, 6.45) is 5.05. The molecule has 2 amide bonds. The highest BCUT2D eigenvalue weighted by atomic mass is 16.2. The lowest BCUT2D eigenvalue weighted by Gasteiger charge is -2.61. The van der Waals surface area contributed by atoms with Crippen LogP contribution in [0.5, 0.6) is 0 Å². The standard InChI is InChI=1S/C18H24N4O2/c1-21(5-3-19)15(23)17-8-13-7-14(9-17)11-18(10-13,12-17)16(24)22(2)6-4-20/h13-14H,5-12H2,1-2H3. The second kappa shape index (κ2) is 5.77. The minimum absolute atomic E-state index is 0.0262. The minimum Gasteiger partial charge on any atom is -0.332 e. The van der Waals surface area contributed by atoms with Crippen LogP contribution < -0.4 is 0 Å². The molecule has 0 radical (unpaired) electrons. The van der Waals surface area contributed by atoms with Crippen LogP contribution in [0.4, 0.5) is 0 Å². The highest BCUT2D eigenvalue weighted by Crippen LogP contribution is 2.66. The van der Waals surface area contributed by atoms with Crippen molar-refractivity contribution in [3.63, 3.8) is 0 Å². The Labute approximate surface area is 143 Å². The van der Waals surface area contributed by atoms with Crippen molar-refractivity contribution in [1.82, 2.24) is 9.80 Å². The topological polar surface area (TPSA) is 88.2 Å². The molecule has 0 unspecified atom stereocenters.